The van der Waals surface area contributed by atoms with Gasteiger partial charge >= 0.3 is 0 Å². The van der Waals surface area contributed by atoms with Gasteiger partial charge < -0.3 is 31.1 Å². The number of aliphatic hydroxyl groups is 1. The summed E-state index contributed by atoms with van der Waals surface area (Å²) in [6.45, 7) is 0.464. The number of primary amides is 1. The minimum absolute atomic E-state index is 0.0727. The summed E-state index contributed by atoms with van der Waals surface area (Å²) < 4.78 is 20.3. The highest BCUT2D eigenvalue weighted by atomic mass is 19.1. The SMILES string of the molecule is C#Cc1cccc(C2(NCC(O)C3Cc4cc(F)cc(c4)OCCCCCC(=O)N(C)C(CC(N)=O)C(=O)N3)CC2)c1. The minimum atomic E-state index is -1.15. The van der Waals surface area contributed by atoms with E-state index in [-0.39, 0.29) is 37.3 Å². The van der Waals surface area contributed by atoms with Crippen LogP contribution in [0.2, 0.25) is 0 Å². The number of hydrogen-bond acceptors (Lipinski definition) is 6. The quantitative estimate of drug-likeness (QED) is 0.372. The molecule has 0 radical (unpaired) electrons. The summed E-state index contributed by atoms with van der Waals surface area (Å²) in [5.74, 6) is 0.840. The lowest BCUT2D eigenvalue weighted by atomic mass is 9.98. The van der Waals surface area contributed by atoms with Gasteiger partial charge in [-0.3, -0.25) is 14.4 Å². The average Bonchev–Trinajstić information content (AvgIpc) is 3.76. The molecule has 0 spiro atoms. The van der Waals surface area contributed by atoms with Gasteiger partial charge in [-0.2, -0.15) is 0 Å². The van der Waals surface area contributed by atoms with Crippen molar-refractivity contribution in [3.8, 4) is 18.1 Å². The van der Waals surface area contributed by atoms with E-state index >= 15 is 0 Å². The van der Waals surface area contributed by atoms with E-state index in [1.165, 1.54) is 24.1 Å². The van der Waals surface area contributed by atoms with E-state index in [1.807, 2.05) is 24.3 Å². The maximum Gasteiger partial charge on any atom is 0.243 e. The highest BCUT2D eigenvalue weighted by Crippen LogP contribution is 2.45. The Labute approximate surface area is 246 Å². The number of fused-ring (bicyclic) bond motifs is 2. The molecule has 1 heterocycles. The zero-order chi connectivity index (χ0) is 30.3. The van der Waals surface area contributed by atoms with E-state index in [9.17, 15) is 23.9 Å². The van der Waals surface area contributed by atoms with Crippen molar-refractivity contribution in [2.45, 2.75) is 75.1 Å². The van der Waals surface area contributed by atoms with Gasteiger partial charge in [0.1, 0.15) is 17.6 Å². The predicted octanol–water partition coefficient (Wildman–Crippen LogP) is 2.13. The minimum Gasteiger partial charge on any atom is -0.493 e. The molecule has 4 rings (SSSR count). The van der Waals surface area contributed by atoms with Gasteiger partial charge in [-0.05, 0) is 73.9 Å². The third kappa shape index (κ3) is 8.08. The highest BCUT2D eigenvalue weighted by molar-refractivity contribution is 5.91. The number of halogens is 1. The number of carbonyl (C=O) groups is 3. The number of rotatable bonds is 7. The number of likely N-dealkylation sites (N-methyl/N-ethyl adjacent to an activating group) is 1. The van der Waals surface area contributed by atoms with Crippen LogP contribution in [0, 0.1) is 18.2 Å². The number of hydrogen-bond donors (Lipinski definition) is 4. The van der Waals surface area contributed by atoms with Crippen LogP contribution in [0.25, 0.3) is 0 Å². The Morgan fingerprint density at radius 3 is 2.76 bits per heavy atom. The van der Waals surface area contributed by atoms with Crippen LogP contribution in [0.1, 0.15) is 61.6 Å². The van der Waals surface area contributed by atoms with E-state index in [0.29, 0.717) is 37.2 Å². The first-order chi connectivity index (χ1) is 20.1. The molecule has 2 aromatic carbocycles. The molecule has 2 aromatic rings. The highest BCUT2D eigenvalue weighted by Gasteiger charge is 2.44. The summed E-state index contributed by atoms with van der Waals surface area (Å²) in [5, 5.41) is 17.7. The fraction of sp³-hybridized carbons (Fsp3) is 0.469. The van der Waals surface area contributed by atoms with Crippen molar-refractivity contribution < 1.29 is 28.6 Å². The van der Waals surface area contributed by atoms with Crippen LogP contribution >= 0.6 is 0 Å². The Hall–Kier alpha value is -3.94. The van der Waals surface area contributed by atoms with Crippen molar-refractivity contribution in [3.63, 3.8) is 0 Å². The molecule has 0 aromatic heterocycles. The number of nitrogens with two attached hydrogens (primary N) is 1. The summed E-state index contributed by atoms with van der Waals surface area (Å²) in [7, 11) is 1.47. The van der Waals surface area contributed by atoms with Gasteiger partial charge in [0.25, 0.3) is 0 Å². The first-order valence-corrected chi connectivity index (χ1v) is 14.4. The number of benzene rings is 2. The number of ether oxygens (including phenoxy) is 1. The topological polar surface area (TPSA) is 134 Å². The lowest BCUT2D eigenvalue weighted by molar-refractivity contribution is -0.141. The monoisotopic (exact) mass is 578 g/mol. The molecule has 0 saturated heterocycles. The maximum absolute atomic E-state index is 14.6. The molecule has 1 saturated carbocycles. The number of nitrogens with zero attached hydrogens (tertiary/aromatic N) is 1. The molecule has 1 aliphatic heterocycles. The third-order valence-corrected chi connectivity index (χ3v) is 8.02. The molecular formula is C32H39FN4O5. The maximum atomic E-state index is 14.6. The van der Waals surface area contributed by atoms with Gasteiger partial charge in [0, 0.05) is 37.2 Å². The van der Waals surface area contributed by atoms with Crippen LogP contribution in [0.5, 0.6) is 5.75 Å². The molecule has 42 heavy (non-hydrogen) atoms. The van der Waals surface area contributed by atoms with Crippen molar-refractivity contribution in [2.75, 3.05) is 20.2 Å². The van der Waals surface area contributed by atoms with E-state index in [1.54, 1.807) is 6.07 Å². The zero-order valence-electron chi connectivity index (χ0n) is 23.9. The van der Waals surface area contributed by atoms with E-state index in [4.69, 9.17) is 16.9 Å². The predicted molar refractivity (Wildman–Crippen MR) is 156 cm³/mol. The van der Waals surface area contributed by atoms with Crippen molar-refractivity contribution in [1.82, 2.24) is 15.5 Å². The summed E-state index contributed by atoms with van der Waals surface area (Å²) >= 11 is 0. The van der Waals surface area contributed by atoms with Crippen LogP contribution in [-0.4, -0.2) is 66.1 Å². The van der Waals surface area contributed by atoms with Gasteiger partial charge in [-0.1, -0.05) is 18.1 Å². The standard InChI is InChI=1S/C32H39FN4O5/c1-3-21-8-7-9-23(14-21)32(11-12-32)35-20-28(38)26-17-22-15-24(33)18-25(16-22)42-13-6-4-5-10-30(40)37(2)27(19-29(34)39)31(41)36-26/h1,7-9,14-16,18,26-28,35,38H,4-6,10-13,17,19-20H2,2H3,(H2,34,39)(H,36,41). The van der Waals surface area contributed by atoms with Gasteiger partial charge in [0.05, 0.1) is 25.2 Å². The van der Waals surface area contributed by atoms with Crippen LogP contribution in [0.15, 0.2) is 42.5 Å². The number of amides is 3. The Morgan fingerprint density at radius 1 is 1.26 bits per heavy atom. The lowest BCUT2D eigenvalue weighted by Gasteiger charge is -2.31. The van der Waals surface area contributed by atoms with Crippen LogP contribution in [-0.2, 0) is 26.3 Å². The normalized spacial score (nSPS) is 21.9. The number of terminal acetylenes is 1. The second kappa shape index (κ2) is 13.8. The molecule has 1 fully saturated rings. The largest absolute Gasteiger partial charge is 0.493 e. The summed E-state index contributed by atoms with van der Waals surface area (Å²) in [6, 6.07) is 9.94. The van der Waals surface area contributed by atoms with Crippen molar-refractivity contribution in [1.29, 1.82) is 0 Å². The Morgan fingerprint density at radius 2 is 2.05 bits per heavy atom. The van der Waals surface area contributed by atoms with Crippen LogP contribution in [0.4, 0.5) is 4.39 Å². The molecule has 5 N–H and O–H groups in total. The Kier molecular flexibility index (Phi) is 10.2. The van der Waals surface area contributed by atoms with Crippen LogP contribution < -0.4 is 21.1 Å². The molecule has 2 bridgehead atoms. The van der Waals surface area contributed by atoms with Gasteiger partial charge in [-0.25, -0.2) is 4.39 Å². The first kappa shape index (κ1) is 31.0. The first-order valence-electron chi connectivity index (χ1n) is 14.4. The van der Waals surface area contributed by atoms with Crippen LogP contribution in [0.3, 0.4) is 0 Å². The van der Waals surface area contributed by atoms with Crippen molar-refractivity contribution in [3.05, 3.63) is 65.0 Å². The summed E-state index contributed by atoms with van der Waals surface area (Å²) in [6.07, 6.45) is 7.97. The molecular weight excluding hydrogens is 539 g/mol. The summed E-state index contributed by atoms with van der Waals surface area (Å²) in [4.78, 5) is 39.5. The Bertz CT molecular complexity index is 1340. The fourth-order valence-corrected chi connectivity index (χ4v) is 5.37. The molecule has 3 amide bonds. The second-order valence-corrected chi connectivity index (χ2v) is 11.2. The van der Waals surface area contributed by atoms with Gasteiger partial charge in [0.15, 0.2) is 0 Å². The molecule has 224 valence electrons. The van der Waals surface area contributed by atoms with Gasteiger partial charge in [-0.15, -0.1) is 6.42 Å². The Balaban J connectivity index is 1.59. The number of nitrogens with one attached hydrogen (secondary N) is 2. The average molecular weight is 579 g/mol. The zero-order valence-corrected chi connectivity index (χ0v) is 23.9. The molecule has 3 unspecified atom stereocenters. The molecule has 2 aliphatic rings. The molecule has 10 heteroatoms. The third-order valence-electron chi connectivity index (χ3n) is 8.02. The van der Waals surface area contributed by atoms with Gasteiger partial charge in [0.2, 0.25) is 17.7 Å². The molecule has 3 atom stereocenters. The van der Waals surface area contributed by atoms with E-state index < -0.39 is 35.8 Å². The molecule has 1 aliphatic carbocycles. The van der Waals surface area contributed by atoms with E-state index in [0.717, 1.165) is 24.0 Å². The summed E-state index contributed by atoms with van der Waals surface area (Å²) in [5.41, 5.74) is 7.38. The molecule has 9 nitrogen and oxygen atoms in total. The smallest absolute Gasteiger partial charge is 0.243 e. The van der Waals surface area contributed by atoms with E-state index in [2.05, 4.69) is 16.6 Å². The van der Waals surface area contributed by atoms with Crippen molar-refractivity contribution in [2.24, 2.45) is 5.73 Å². The number of carbonyl (C=O) groups excluding carboxylic acids is 3. The number of aliphatic hydroxyl groups excluding tert-OH is 1. The second-order valence-electron chi connectivity index (χ2n) is 11.2. The fourth-order valence-electron chi connectivity index (χ4n) is 5.37. The lowest BCUT2D eigenvalue weighted by Crippen LogP contribution is -2.56. The van der Waals surface area contributed by atoms with Crippen molar-refractivity contribution >= 4 is 17.7 Å².